The van der Waals surface area contributed by atoms with Crippen LogP contribution in [0, 0.1) is 29.1 Å². The first-order valence-electron chi connectivity index (χ1n) is 5.63. The number of phenolic OH excluding ortho intramolecular Hbond substituents is 1. The van der Waals surface area contributed by atoms with E-state index < -0.39 is 47.9 Å². The minimum atomic E-state index is -2.43. The number of benzene rings is 2. The second kappa shape index (κ2) is 6.10. The Balaban J connectivity index is 2.26. The summed E-state index contributed by atoms with van der Waals surface area (Å²) < 4.78 is 74.1. The van der Waals surface area contributed by atoms with E-state index in [-0.39, 0.29) is 5.75 Å². The van der Waals surface area contributed by atoms with Crippen LogP contribution < -0.4 is 9.31 Å². The average molecular weight is 320 g/mol. The summed E-state index contributed by atoms with van der Waals surface area (Å²) in [7, 11) is -2.43. The first kappa shape index (κ1) is 15.9. The molecule has 2 aromatic rings. The highest BCUT2D eigenvalue weighted by Gasteiger charge is 2.32. The summed E-state index contributed by atoms with van der Waals surface area (Å²) in [5.74, 6) is -13.8. The maximum Gasteiger partial charge on any atom is 0.785 e. The lowest BCUT2D eigenvalue weighted by Crippen LogP contribution is -2.31. The number of hydrogen-bond donors (Lipinski definition) is 2. The second-order valence-corrected chi connectivity index (χ2v) is 3.91. The van der Waals surface area contributed by atoms with Crippen LogP contribution >= 0.6 is 0 Å². The van der Waals surface area contributed by atoms with Gasteiger partial charge in [0.2, 0.25) is 29.1 Å². The third-order valence-corrected chi connectivity index (χ3v) is 2.48. The zero-order chi connectivity index (χ0) is 16.4. The molecule has 22 heavy (non-hydrogen) atoms. The number of para-hydroxylation sites is 2. The first-order valence-corrected chi connectivity index (χ1v) is 5.63. The molecule has 0 heterocycles. The van der Waals surface area contributed by atoms with E-state index in [2.05, 4.69) is 9.31 Å². The lowest BCUT2D eigenvalue weighted by atomic mass is 10.2. The topological polar surface area (TPSA) is 58.9 Å². The highest BCUT2D eigenvalue weighted by Crippen LogP contribution is 2.30. The molecule has 0 fully saturated rings. The number of phenols is 1. The quantitative estimate of drug-likeness (QED) is 0.393. The average Bonchev–Trinajstić information content (AvgIpc) is 2.50. The fourth-order valence-corrected chi connectivity index (χ4v) is 1.48. The number of aromatic hydroxyl groups is 1. The summed E-state index contributed by atoms with van der Waals surface area (Å²) in [6.45, 7) is 0. The molecular formula is C12H6BF5O4. The van der Waals surface area contributed by atoms with Crippen LogP contribution in [-0.2, 0) is 0 Å². The molecule has 0 saturated heterocycles. The fraction of sp³-hybridized carbons (Fsp3) is 0. The van der Waals surface area contributed by atoms with Gasteiger partial charge in [-0.2, -0.15) is 8.78 Å². The zero-order valence-electron chi connectivity index (χ0n) is 10.5. The van der Waals surface area contributed by atoms with Gasteiger partial charge < -0.3 is 19.4 Å². The van der Waals surface area contributed by atoms with Gasteiger partial charge in [0.15, 0.2) is 11.5 Å². The van der Waals surface area contributed by atoms with Gasteiger partial charge in [-0.05, 0) is 12.1 Å². The van der Waals surface area contributed by atoms with Crippen molar-refractivity contribution in [3.63, 3.8) is 0 Å². The smallest absolute Gasteiger partial charge is 0.504 e. The minimum Gasteiger partial charge on any atom is -0.504 e. The van der Waals surface area contributed by atoms with Crippen LogP contribution in [0.5, 0.6) is 17.2 Å². The third-order valence-electron chi connectivity index (χ3n) is 2.48. The van der Waals surface area contributed by atoms with E-state index in [1.807, 2.05) is 0 Å². The van der Waals surface area contributed by atoms with Gasteiger partial charge in [0.05, 0.1) is 0 Å². The molecule has 0 bridgehead atoms. The molecule has 0 atom stereocenters. The molecule has 0 spiro atoms. The number of rotatable bonds is 4. The normalized spacial score (nSPS) is 10.5. The molecule has 2 rings (SSSR count). The monoisotopic (exact) mass is 320 g/mol. The van der Waals surface area contributed by atoms with E-state index in [1.54, 1.807) is 0 Å². The van der Waals surface area contributed by atoms with Crippen LogP contribution in [0.15, 0.2) is 24.3 Å². The van der Waals surface area contributed by atoms with Gasteiger partial charge in [-0.1, -0.05) is 12.1 Å². The molecule has 4 nitrogen and oxygen atoms in total. The molecule has 2 N–H and O–H groups in total. The summed E-state index contributed by atoms with van der Waals surface area (Å²) >= 11 is 0. The molecule has 0 aliphatic heterocycles. The third kappa shape index (κ3) is 2.91. The Morgan fingerprint density at radius 3 is 1.82 bits per heavy atom. The van der Waals surface area contributed by atoms with Crippen LogP contribution in [0.4, 0.5) is 22.0 Å². The van der Waals surface area contributed by atoms with Crippen LogP contribution in [0.25, 0.3) is 0 Å². The van der Waals surface area contributed by atoms with E-state index >= 15 is 0 Å². The van der Waals surface area contributed by atoms with Crippen molar-refractivity contribution in [3.8, 4) is 17.2 Å². The number of hydrogen-bond acceptors (Lipinski definition) is 4. The van der Waals surface area contributed by atoms with Gasteiger partial charge in [-0.25, -0.2) is 13.2 Å². The van der Waals surface area contributed by atoms with Gasteiger partial charge in [-0.3, -0.25) is 0 Å². The van der Waals surface area contributed by atoms with Crippen molar-refractivity contribution >= 4 is 7.32 Å². The lowest BCUT2D eigenvalue weighted by Gasteiger charge is -2.13. The van der Waals surface area contributed by atoms with Gasteiger partial charge in [-0.15, -0.1) is 0 Å². The van der Waals surface area contributed by atoms with Crippen molar-refractivity contribution in [1.82, 2.24) is 0 Å². The Hall–Kier alpha value is -2.49. The Kier molecular flexibility index (Phi) is 4.41. The van der Waals surface area contributed by atoms with Gasteiger partial charge in [0.25, 0.3) is 0 Å². The highest BCUT2D eigenvalue weighted by atomic mass is 19.2. The van der Waals surface area contributed by atoms with Crippen LogP contribution in [0.1, 0.15) is 0 Å². The molecule has 0 radical (unpaired) electrons. The molecule has 0 amide bonds. The predicted octanol–water partition coefficient (Wildman–Crippen LogP) is 2.52. The summed E-state index contributed by atoms with van der Waals surface area (Å²) in [5.41, 5.74) is 0. The van der Waals surface area contributed by atoms with Crippen molar-refractivity contribution in [2.24, 2.45) is 0 Å². The van der Waals surface area contributed by atoms with Gasteiger partial charge in [0, 0.05) is 0 Å². The van der Waals surface area contributed by atoms with Gasteiger partial charge in [0.1, 0.15) is 5.75 Å². The van der Waals surface area contributed by atoms with Gasteiger partial charge >= 0.3 is 7.32 Å². The second-order valence-electron chi connectivity index (χ2n) is 3.91. The van der Waals surface area contributed by atoms with Crippen molar-refractivity contribution in [1.29, 1.82) is 0 Å². The summed E-state index contributed by atoms with van der Waals surface area (Å²) in [6.07, 6.45) is 0. The molecule has 0 aliphatic rings. The van der Waals surface area contributed by atoms with E-state index in [0.29, 0.717) is 0 Å². The summed E-state index contributed by atoms with van der Waals surface area (Å²) in [6, 6.07) is 5.14. The summed E-state index contributed by atoms with van der Waals surface area (Å²) in [5, 5.41) is 18.7. The maximum absolute atomic E-state index is 13.3. The highest BCUT2D eigenvalue weighted by molar-refractivity contribution is 6.36. The molecule has 0 saturated carbocycles. The summed E-state index contributed by atoms with van der Waals surface area (Å²) in [4.78, 5) is 0. The van der Waals surface area contributed by atoms with Crippen LogP contribution in [-0.4, -0.2) is 17.5 Å². The van der Waals surface area contributed by atoms with Crippen molar-refractivity contribution < 1.29 is 41.4 Å². The molecular weight excluding hydrogens is 314 g/mol. The SMILES string of the molecule is OB(Oc1ccccc1O)Oc1c(F)c(F)c(F)c(F)c1F. The Bertz CT molecular complexity index is 683. The van der Waals surface area contributed by atoms with E-state index in [9.17, 15) is 32.1 Å². The zero-order valence-corrected chi connectivity index (χ0v) is 10.5. The van der Waals surface area contributed by atoms with E-state index in [4.69, 9.17) is 0 Å². The number of halogens is 5. The molecule has 2 aromatic carbocycles. The predicted molar refractivity (Wildman–Crippen MR) is 63.6 cm³/mol. The fourth-order valence-electron chi connectivity index (χ4n) is 1.48. The lowest BCUT2D eigenvalue weighted by molar-refractivity contribution is 0.266. The molecule has 0 aliphatic carbocycles. The first-order chi connectivity index (χ1) is 10.3. The molecule has 0 aromatic heterocycles. The van der Waals surface area contributed by atoms with E-state index in [1.165, 1.54) is 24.3 Å². The van der Waals surface area contributed by atoms with Crippen molar-refractivity contribution in [2.45, 2.75) is 0 Å². The van der Waals surface area contributed by atoms with Crippen molar-refractivity contribution in [2.75, 3.05) is 0 Å². The van der Waals surface area contributed by atoms with Crippen LogP contribution in [0.2, 0.25) is 0 Å². The minimum absolute atomic E-state index is 0.334. The Labute approximate surface area is 120 Å². The van der Waals surface area contributed by atoms with Crippen molar-refractivity contribution in [3.05, 3.63) is 53.4 Å². The standard InChI is InChI=1S/C12H6BF5O4/c14-7-8(15)10(17)12(11(18)9(7)16)22-13(20)21-6-4-2-1-3-5(6)19/h1-4,19-20H. The van der Waals surface area contributed by atoms with E-state index in [0.717, 1.165) is 0 Å². The van der Waals surface area contributed by atoms with Crippen LogP contribution in [0.3, 0.4) is 0 Å². The molecule has 116 valence electrons. The Morgan fingerprint density at radius 2 is 1.27 bits per heavy atom. The molecule has 10 heteroatoms. The molecule has 0 unspecified atom stereocenters. The largest absolute Gasteiger partial charge is 0.785 e. The Morgan fingerprint density at radius 1 is 0.773 bits per heavy atom. The maximum atomic E-state index is 13.3.